The Kier molecular flexibility index (Phi) is 2.46. The van der Waals surface area contributed by atoms with Crippen molar-refractivity contribution in [2.75, 3.05) is 0 Å². The molecule has 0 unspecified atom stereocenters. The summed E-state index contributed by atoms with van der Waals surface area (Å²) in [5.74, 6) is 0.913. The molecule has 0 aliphatic heterocycles. The van der Waals surface area contributed by atoms with Gasteiger partial charge in [0.25, 0.3) is 0 Å². The third-order valence-corrected chi connectivity index (χ3v) is 2.51. The first-order valence-electron chi connectivity index (χ1n) is 5.01. The number of fused-ring (bicyclic) bond motifs is 1. The first-order valence-corrected chi connectivity index (χ1v) is 5.01. The van der Waals surface area contributed by atoms with Crippen molar-refractivity contribution in [3.05, 3.63) is 53.8 Å². The molecule has 1 aromatic heterocycles. The molecule has 1 aromatic carbocycles. The minimum Gasteiger partial charge on any atom is -0.456 e. The topological polar surface area (TPSA) is 13.1 Å². The molecule has 0 bridgehead atoms. The van der Waals surface area contributed by atoms with Crippen LogP contribution in [0.1, 0.15) is 16.9 Å². The van der Waals surface area contributed by atoms with E-state index in [0.717, 1.165) is 11.3 Å². The minimum atomic E-state index is 0.913. The lowest BCUT2D eigenvalue weighted by Gasteiger charge is -1.91. The van der Waals surface area contributed by atoms with Gasteiger partial charge in [-0.15, -0.1) is 0 Å². The molecule has 0 spiro atoms. The Bertz CT molecular complexity index is 530. The minimum absolute atomic E-state index is 0.913. The summed E-state index contributed by atoms with van der Waals surface area (Å²) in [5.41, 5.74) is 3.39. The van der Waals surface area contributed by atoms with Crippen LogP contribution >= 0.6 is 0 Å². The molecule has 2 aromatic rings. The van der Waals surface area contributed by atoms with Crippen molar-refractivity contribution in [2.24, 2.45) is 0 Å². The molecule has 0 N–H and O–H groups in total. The van der Waals surface area contributed by atoms with Crippen LogP contribution in [0.3, 0.4) is 0 Å². The SMILES string of the molecule is C=C/C=C\c1oc2ccc(C)cc2c1C. The molecule has 15 heavy (non-hydrogen) atoms. The number of allylic oxidation sites excluding steroid dienone is 2. The molecule has 1 heterocycles. The van der Waals surface area contributed by atoms with E-state index in [2.05, 4.69) is 32.6 Å². The predicted octanol–water partition coefficient (Wildman–Crippen LogP) is 4.25. The van der Waals surface area contributed by atoms with Gasteiger partial charge >= 0.3 is 0 Å². The highest BCUT2D eigenvalue weighted by atomic mass is 16.3. The average molecular weight is 198 g/mol. The molecular formula is C14H14O. The standard InChI is InChI=1S/C14H14O/c1-4-5-6-13-11(3)12-9-10(2)7-8-14(12)15-13/h4-9H,1H2,2-3H3/b6-5-. The first-order chi connectivity index (χ1) is 7.22. The van der Waals surface area contributed by atoms with Gasteiger partial charge < -0.3 is 4.42 Å². The van der Waals surface area contributed by atoms with Gasteiger partial charge in [-0.25, -0.2) is 0 Å². The Balaban J connectivity index is 2.64. The molecule has 0 aliphatic carbocycles. The zero-order valence-electron chi connectivity index (χ0n) is 9.08. The second kappa shape index (κ2) is 3.77. The van der Waals surface area contributed by atoms with E-state index in [1.165, 1.54) is 16.5 Å². The molecule has 0 saturated heterocycles. The largest absolute Gasteiger partial charge is 0.456 e. The van der Waals surface area contributed by atoms with Crippen LogP contribution in [-0.4, -0.2) is 0 Å². The molecular weight excluding hydrogens is 184 g/mol. The van der Waals surface area contributed by atoms with E-state index >= 15 is 0 Å². The molecule has 2 rings (SSSR count). The van der Waals surface area contributed by atoms with Crippen molar-refractivity contribution in [1.29, 1.82) is 0 Å². The molecule has 1 heteroatoms. The zero-order chi connectivity index (χ0) is 10.8. The van der Waals surface area contributed by atoms with Crippen LogP contribution in [0.2, 0.25) is 0 Å². The van der Waals surface area contributed by atoms with Crippen LogP contribution in [0, 0.1) is 13.8 Å². The first kappa shape index (κ1) is 9.78. The summed E-state index contributed by atoms with van der Waals surface area (Å²) < 4.78 is 5.72. The highest BCUT2D eigenvalue weighted by molar-refractivity contribution is 5.85. The highest BCUT2D eigenvalue weighted by Crippen LogP contribution is 2.26. The predicted molar refractivity (Wildman–Crippen MR) is 64.9 cm³/mol. The highest BCUT2D eigenvalue weighted by Gasteiger charge is 2.07. The number of rotatable bonds is 2. The third kappa shape index (κ3) is 1.73. The Hall–Kier alpha value is -1.76. The van der Waals surface area contributed by atoms with Crippen molar-refractivity contribution in [3.63, 3.8) is 0 Å². The summed E-state index contributed by atoms with van der Waals surface area (Å²) in [7, 11) is 0. The zero-order valence-corrected chi connectivity index (χ0v) is 9.08. The third-order valence-electron chi connectivity index (χ3n) is 2.51. The second-order valence-corrected chi connectivity index (χ2v) is 3.69. The lowest BCUT2D eigenvalue weighted by molar-refractivity contribution is 0.601. The van der Waals surface area contributed by atoms with E-state index in [0.29, 0.717) is 0 Å². The van der Waals surface area contributed by atoms with Crippen molar-refractivity contribution in [1.82, 2.24) is 0 Å². The number of hydrogen-bond donors (Lipinski definition) is 0. The molecule has 0 radical (unpaired) electrons. The summed E-state index contributed by atoms with van der Waals surface area (Å²) >= 11 is 0. The van der Waals surface area contributed by atoms with E-state index in [4.69, 9.17) is 4.42 Å². The fourth-order valence-corrected chi connectivity index (χ4v) is 1.67. The van der Waals surface area contributed by atoms with Crippen molar-refractivity contribution < 1.29 is 4.42 Å². The molecule has 0 fully saturated rings. The molecule has 0 aliphatic rings. The smallest absolute Gasteiger partial charge is 0.135 e. The summed E-state index contributed by atoms with van der Waals surface area (Å²) in [5, 5.41) is 1.19. The fourth-order valence-electron chi connectivity index (χ4n) is 1.67. The van der Waals surface area contributed by atoms with E-state index in [1.807, 2.05) is 18.2 Å². The van der Waals surface area contributed by atoms with Crippen LogP contribution in [0.5, 0.6) is 0 Å². The monoisotopic (exact) mass is 198 g/mol. The van der Waals surface area contributed by atoms with Gasteiger partial charge in [-0.2, -0.15) is 0 Å². The number of aryl methyl sites for hydroxylation is 2. The normalized spacial score (nSPS) is 11.3. The quantitative estimate of drug-likeness (QED) is 0.657. The maximum Gasteiger partial charge on any atom is 0.135 e. The Morgan fingerprint density at radius 1 is 1.27 bits per heavy atom. The molecule has 0 amide bonds. The molecule has 0 atom stereocenters. The Labute approximate surface area is 89.7 Å². The summed E-state index contributed by atoms with van der Waals surface area (Å²) in [6.45, 7) is 7.81. The van der Waals surface area contributed by atoms with Crippen molar-refractivity contribution in [2.45, 2.75) is 13.8 Å². The van der Waals surface area contributed by atoms with Crippen LogP contribution in [0.25, 0.3) is 17.0 Å². The lowest BCUT2D eigenvalue weighted by Crippen LogP contribution is -1.73. The molecule has 1 nitrogen and oxygen atoms in total. The van der Waals surface area contributed by atoms with Crippen molar-refractivity contribution in [3.8, 4) is 0 Å². The van der Waals surface area contributed by atoms with E-state index in [-0.39, 0.29) is 0 Å². The van der Waals surface area contributed by atoms with Gasteiger partial charge in [0, 0.05) is 10.9 Å². The van der Waals surface area contributed by atoms with E-state index < -0.39 is 0 Å². The van der Waals surface area contributed by atoms with Gasteiger partial charge in [-0.3, -0.25) is 0 Å². The van der Waals surface area contributed by atoms with Gasteiger partial charge in [-0.05, 0) is 32.1 Å². The number of furan rings is 1. The maximum absolute atomic E-state index is 5.72. The lowest BCUT2D eigenvalue weighted by atomic mass is 10.1. The van der Waals surface area contributed by atoms with Crippen molar-refractivity contribution >= 4 is 17.0 Å². The van der Waals surface area contributed by atoms with Gasteiger partial charge in [-0.1, -0.05) is 30.4 Å². The van der Waals surface area contributed by atoms with Gasteiger partial charge in [0.2, 0.25) is 0 Å². The molecule has 76 valence electrons. The van der Waals surface area contributed by atoms with Crippen LogP contribution in [0.15, 0.2) is 41.3 Å². The van der Waals surface area contributed by atoms with Crippen LogP contribution < -0.4 is 0 Å². The Morgan fingerprint density at radius 2 is 2.07 bits per heavy atom. The fraction of sp³-hybridized carbons (Fsp3) is 0.143. The van der Waals surface area contributed by atoms with Gasteiger partial charge in [0.05, 0.1) is 0 Å². The van der Waals surface area contributed by atoms with Gasteiger partial charge in [0.15, 0.2) is 0 Å². The average Bonchev–Trinajstić information content (AvgIpc) is 2.53. The summed E-state index contributed by atoms with van der Waals surface area (Å²) in [6.07, 6.45) is 5.58. The maximum atomic E-state index is 5.72. The van der Waals surface area contributed by atoms with Crippen LogP contribution in [-0.2, 0) is 0 Å². The van der Waals surface area contributed by atoms with Crippen LogP contribution in [0.4, 0.5) is 0 Å². The van der Waals surface area contributed by atoms with E-state index in [9.17, 15) is 0 Å². The summed E-state index contributed by atoms with van der Waals surface area (Å²) in [4.78, 5) is 0. The number of benzene rings is 1. The molecule has 0 saturated carbocycles. The Morgan fingerprint density at radius 3 is 2.80 bits per heavy atom. The second-order valence-electron chi connectivity index (χ2n) is 3.69. The number of hydrogen-bond acceptors (Lipinski definition) is 1. The van der Waals surface area contributed by atoms with E-state index in [1.54, 1.807) is 6.08 Å². The van der Waals surface area contributed by atoms with Gasteiger partial charge in [0.1, 0.15) is 11.3 Å². The summed E-state index contributed by atoms with van der Waals surface area (Å²) in [6, 6.07) is 6.23.